The average molecular weight is 264 g/mol. The molecular weight excluding hydrogens is 240 g/mol. The summed E-state index contributed by atoms with van der Waals surface area (Å²) in [6.07, 6.45) is 0. The van der Waals surface area contributed by atoms with E-state index < -0.39 is 0 Å². The fourth-order valence-corrected chi connectivity index (χ4v) is 2.92. The highest BCUT2D eigenvalue weighted by Crippen LogP contribution is 2.44. The van der Waals surface area contributed by atoms with Gasteiger partial charge in [0.2, 0.25) is 0 Å². The third kappa shape index (κ3) is 3.01. The summed E-state index contributed by atoms with van der Waals surface area (Å²) < 4.78 is 0. The Kier molecular flexibility index (Phi) is 4.02. The van der Waals surface area contributed by atoms with Gasteiger partial charge in [0.25, 0.3) is 0 Å². The van der Waals surface area contributed by atoms with Crippen molar-refractivity contribution in [1.82, 2.24) is 10.2 Å². The van der Waals surface area contributed by atoms with E-state index in [2.05, 4.69) is 31.0 Å². The van der Waals surface area contributed by atoms with E-state index in [1.807, 2.05) is 6.07 Å². The number of piperazine rings is 1. The third-order valence-electron chi connectivity index (χ3n) is 3.68. The van der Waals surface area contributed by atoms with E-state index >= 15 is 0 Å². The van der Waals surface area contributed by atoms with Crippen molar-refractivity contribution < 1.29 is 10.2 Å². The van der Waals surface area contributed by atoms with Crippen molar-refractivity contribution in [1.29, 1.82) is 0 Å². The summed E-state index contributed by atoms with van der Waals surface area (Å²) in [7, 11) is 0. The van der Waals surface area contributed by atoms with Gasteiger partial charge < -0.3 is 15.5 Å². The maximum Gasteiger partial charge on any atom is 0.162 e. The third-order valence-corrected chi connectivity index (χ3v) is 3.68. The van der Waals surface area contributed by atoms with Gasteiger partial charge in [-0.3, -0.25) is 4.90 Å². The van der Waals surface area contributed by atoms with E-state index in [-0.39, 0.29) is 23.0 Å². The van der Waals surface area contributed by atoms with E-state index in [1.165, 1.54) is 6.07 Å². The number of para-hydroxylation sites is 1. The molecule has 4 nitrogen and oxygen atoms in total. The molecule has 0 amide bonds. The number of rotatable bonds is 2. The maximum absolute atomic E-state index is 10.2. The lowest BCUT2D eigenvalue weighted by Gasteiger charge is -2.42. The van der Waals surface area contributed by atoms with Crippen molar-refractivity contribution in [2.24, 2.45) is 5.41 Å². The summed E-state index contributed by atoms with van der Waals surface area (Å²) in [5.41, 5.74) is 0.803. The average Bonchev–Trinajstić information content (AvgIpc) is 2.35. The second-order valence-corrected chi connectivity index (χ2v) is 6.27. The molecule has 0 radical (unpaired) electrons. The number of phenolic OH excluding ortho intramolecular Hbond substituents is 2. The van der Waals surface area contributed by atoms with Crippen molar-refractivity contribution in [2.45, 2.75) is 26.8 Å². The van der Waals surface area contributed by atoms with Crippen LogP contribution in [0.4, 0.5) is 0 Å². The Bertz CT molecular complexity index is 434. The summed E-state index contributed by atoms with van der Waals surface area (Å²) in [5.74, 6) is -0.0251. The molecule has 1 aromatic rings. The zero-order chi connectivity index (χ0) is 14.0. The Labute approximate surface area is 115 Å². The van der Waals surface area contributed by atoms with Gasteiger partial charge >= 0.3 is 0 Å². The normalized spacial score (nSPS) is 19.3. The lowest BCUT2D eigenvalue weighted by molar-refractivity contribution is 0.0839. The quantitative estimate of drug-likeness (QED) is 0.716. The number of hydrogen-bond acceptors (Lipinski definition) is 4. The van der Waals surface area contributed by atoms with Gasteiger partial charge in [0.1, 0.15) is 0 Å². The van der Waals surface area contributed by atoms with Crippen LogP contribution in [0.15, 0.2) is 18.2 Å². The Hall–Kier alpha value is -1.26. The SMILES string of the molecule is CC(C)(C)[C@@H](c1cccc(O)c1O)N1CCNCC1. The number of phenols is 2. The lowest BCUT2D eigenvalue weighted by atomic mass is 9.80. The molecule has 0 bridgehead atoms. The predicted octanol–water partition coefficient (Wildman–Crippen LogP) is 2.09. The Balaban J connectivity index is 2.40. The first-order valence-electron chi connectivity index (χ1n) is 6.87. The second-order valence-electron chi connectivity index (χ2n) is 6.27. The van der Waals surface area contributed by atoms with Crippen LogP contribution in [0.2, 0.25) is 0 Å². The van der Waals surface area contributed by atoms with Gasteiger partial charge in [-0.2, -0.15) is 0 Å². The Morgan fingerprint density at radius 2 is 1.79 bits per heavy atom. The molecular formula is C15H24N2O2. The van der Waals surface area contributed by atoms with E-state index in [1.54, 1.807) is 6.07 Å². The molecule has 1 aliphatic heterocycles. The maximum atomic E-state index is 10.2. The molecule has 0 saturated carbocycles. The fourth-order valence-electron chi connectivity index (χ4n) is 2.92. The minimum absolute atomic E-state index is 0.0113. The molecule has 3 N–H and O–H groups in total. The van der Waals surface area contributed by atoms with Gasteiger partial charge in [0.05, 0.1) is 0 Å². The fraction of sp³-hybridized carbons (Fsp3) is 0.600. The first kappa shape index (κ1) is 14.2. The van der Waals surface area contributed by atoms with Crippen LogP contribution in [-0.4, -0.2) is 41.3 Å². The van der Waals surface area contributed by atoms with E-state index in [9.17, 15) is 10.2 Å². The molecule has 0 aromatic heterocycles. The molecule has 2 rings (SSSR count). The molecule has 106 valence electrons. The molecule has 0 spiro atoms. The van der Waals surface area contributed by atoms with E-state index in [0.29, 0.717) is 0 Å². The smallest absolute Gasteiger partial charge is 0.162 e. The first-order valence-corrected chi connectivity index (χ1v) is 6.87. The number of nitrogens with one attached hydrogen (secondary N) is 1. The van der Waals surface area contributed by atoms with Crippen LogP contribution >= 0.6 is 0 Å². The monoisotopic (exact) mass is 264 g/mol. The van der Waals surface area contributed by atoms with Crippen molar-refractivity contribution in [2.75, 3.05) is 26.2 Å². The molecule has 0 unspecified atom stereocenters. The molecule has 0 aliphatic carbocycles. The van der Waals surface area contributed by atoms with Crippen molar-refractivity contribution in [3.63, 3.8) is 0 Å². The highest BCUT2D eigenvalue weighted by molar-refractivity contribution is 5.46. The van der Waals surface area contributed by atoms with Gasteiger partial charge in [-0.15, -0.1) is 0 Å². The molecule has 1 saturated heterocycles. The molecule has 1 atom stereocenters. The summed E-state index contributed by atoms with van der Waals surface area (Å²) in [6.45, 7) is 10.3. The standard InChI is InChI=1S/C15H24N2O2/c1-15(2,3)14(17-9-7-16-8-10-17)11-5-4-6-12(18)13(11)19/h4-6,14,16,18-19H,7-10H2,1-3H3/t14-/m1/s1. The van der Waals surface area contributed by atoms with Crippen LogP contribution < -0.4 is 5.32 Å². The van der Waals surface area contributed by atoms with E-state index in [4.69, 9.17) is 0 Å². The van der Waals surface area contributed by atoms with Gasteiger partial charge in [-0.05, 0) is 11.5 Å². The van der Waals surface area contributed by atoms with Crippen LogP contribution in [0.25, 0.3) is 0 Å². The van der Waals surface area contributed by atoms with Crippen LogP contribution in [0.1, 0.15) is 32.4 Å². The van der Waals surface area contributed by atoms with Crippen LogP contribution in [0, 0.1) is 5.41 Å². The van der Waals surface area contributed by atoms with Crippen molar-refractivity contribution in [3.05, 3.63) is 23.8 Å². The number of aromatic hydroxyl groups is 2. The summed E-state index contributed by atoms with van der Waals surface area (Å²) >= 11 is 0. The lowest BCUT2D eigenvalue weighted by Crippen LogP contribution is -2.48. The van der Waals surface area contributed by atoms with Gasteiger partial charge in [-0.25, -0.2) is 0 Å². The second kappa shape index (κ2) is 5.39. The largest absolute Gasteiger partial charge is 0.504 e. The van der Waals surface area contributed by atoms with Crippen molar-refractivity contribution >= 4 is 0 Å². The van der Waals surface area contributed by atoms with Crippen LogP contribution in [0.5, 0.6) is 11.5 Å². The van der Waals surface area contributed by atoms with Crippen LogP contribution in [0.3, 0.4) is 0 Å². The molecule has 1 aliphatic rings. The molecule has 1 heterocycles. The zero-order valence-corrected chi connectivity index (χ0v) is 12.0. The summed E-state index contributed by atoms with van der Waals surface area (Å²) in [5, 5.41) is 23.2. The first-order chi connectivity index (χ1) is 8.91. The Morgan fingerprint density at radius 1 is 1.16 bits per heavy atom. The predicted molar refractivity (Wildman–Crippen MR) is 76.4 cm³/mol. The van der Waals surface area contributed by atoms with Crippen LogP contribution in [-0.2, 0) is 0 Å². The minimum atomic E-state index is -0.0399. The van der Waals surface area contributed by atoms with Gasteiger partial charge in [0, 0.05) is 37.8 Å². The zero-order valence-electron chi connectivity index (χ0n) is 12.0. The number of benzene rings is 1. The minimum Gasteiger partial charge on any atom is -0.504 e. The number of nitrogens with zero attached hydrogens (tertiary/aromatic N) is 1. The molecule has 19 heavy (non-hydrogen) atoms. The summed E-state index contributed by atoms with van der Waals surface area (Å²) in [4.78, 5) is 2.38. The van der Waals surface area contributed by atoms with Gasteiger partial charge in [0.15, 0.2) is 11.5 Å². The van der Waals surface area contributed by atoms with Gasteiger partial charge in [-0.1, -0.05) is 32.9 Å². The van der Waals surface area contributed by atoms with E-state index in [0.717, 1.165) is 31.7 Å². The highest BCUT2D eigenvalue weighted by atomic mass is 16.3. The molecule has 1 aromatic carbocycles. The topological polar surface area (TPSA) is 55.7 Å². The van der Waals surface area contributed by atoms with Crippen molar-refractivity contribution in [3.8, 4) is 11.5 Å². The highest BCUT2D eigenvalue weighted by Gasteiger charge is 2.34. The summed E-state index contributed by atoms with van der Waals surface area (Å²) in [6, 6.07) is 5.33. The number of hydrogen-bond donors (Lipinski definition) is 3. The molecule has 1 fully saturated rings. The molecule has 4 heteroatoms. The Morgan fingerprint density at radius 3 is 2.37 bits per heavy atom.